The Balaban J connectivity index is 1.83. The van der Waals surface area contributed by atoms with Gasteiger partial charge in [-0.25, -0.2) is 4.98 Å². The number of oxazole rings is 1. The number of nitrogens with one attached hydrogen (secondary N) is 1. The van der Waals surface area contributed by atoms with Crippen molar-refractivity contribution in [3.05, 3.63) is 17.8 Å². The number of hydrogen-bond acceptors (Lipinski definition) is 5. The SMILES string of the molecule is COCCN1CCC(NC(=O)c2ncoc2C(C)C)CC1. The van der Waals surface area contributed by atoms with E-state index in [0.29, 0.717) is 11.5 Å². The van der Waals surface area contributed by atoms with Crippen molar-refractivity contribution >= 4 is 5.91 Å². The normalized spacial score (nSPS) is 17.3. The zero-order valence-corrected chi connectivity index (χ0v) is 13.1. The van der Waals surface area contributed by atoms with Crippen LogP contribution in [0.15, 0.2) is 10.8 Å². The van der Waals surface area contributed by atoms with Gasteiger partial charge in [-0.05, 0) is 12.8 Å². The molecule has 1 amide bonds. The third kappa shape index (κ3) is 4.28. The molecule has 0 atom stereocenters. The van der Waals surface area contributed by atoms with Crippen LogP contribution in [0.3, 0.4) is 0 Å². The molecule has 2 heterocycles. The summed E-state index contributed by atoms with van der Waals surface area (Å²) in [5, 5.41) is 3.07. The molecule has 1 aromatic heterocycles. The molecule has 118 valence electrons. The number of nitrogens with zero attached hydrogens (tertiary/aromatic N) is 2. The van der Waals surface area contributed by atoms with Crippen LogP contribution < -0.4 is 5.32 Å². The predicted molar refractivity (Wildman–Crippen MR) is 79.4 cm³/mol. The Hall–Kier alpha value is -1.40. The third-order valence-corrected chi connectivity index (χ3v) is 3.87. The molecular weight excluding hydrogens is 270 g/mol. The summed E-state index contributed by atoms with van der Waals surface area (Å²) in [5.41, 5.74) is 0.423. The Morgan fingerprint density at radius 1 is 1.52 bits per heavy atom. The van der Waals surface area contributed by atoms with Crippen molar-refractivity contribution in [1.82, 2.24) is 15.2 Å². The Morgan fingerprint density at radius 2 is 2.24 bits per heavy atom. The van der Waals surface area contributed by atoms with Gasteiger partial charge in [0, 0.05) is 38.7 Å². The first-order chi connectivity index (χ1) is 10.1. The van der Waals surface area contributed by atoms with Crippen LogP contribution in [0, 0.1) is 0 Å². The number of hydrogen-bond donors (Lipinski definition) is 1. The number of ether oxygens (including phenoxy) is 1. The van der Waals surface area contributed by atoms with Gasteiger partial charge in [0.2, 0.25) is 0 Å². The molecule has 0 aromatic carbocycles. The van der Waals surface area contributed by atoms with Crippen LogP contribution in [0.2, 0.25) is 0 Å². The fraction of sp³-hybridized carbons (Fsp3) is 0.733. The van der Waals surface area contributed by atoms with Crippen LogP contribution in [-0.4, -0.2) is 55.2 Å². The van der Waals surface area contributed by atoms with E-state index in [1.54, 1.807) is 7.11 Å². The average molecular weight is 295 g/mol. The topological polar surface area (TPSA) is 67.6 Å². The largest absolute Gasteiger partial charge is 0.447 e. The molecule has 6 nitrogen and oxygen atoms in total. The number of rotatable bonds is 6. The summed E-state index contributed by atoms with van der Waals surface area (Å²) in [6.45, 7) is 7.68. The number of carbonyl (C=O) groups excluding carboxylic acids is 1. The molecule has 0 unspecified atom stereocenters. The van der Waals surface area contributed by atoms with E-state index in [2.05, 4.69) is 15.2 Å². The average Bonchev–Trinajstić information content (AvgIpc) is 2.96. The zero-order chi connectivity index (χ0) is 15.2. The molecule has 6 heteroatoms. The summed E-state index contributed by atoms with van der Waals surface area (Å²) in [7, 11) is 1.72. The first-order valence-corrected chi connectivity index (χ1v) is 7.57. The Kier molecular flexibility index (Phi) is 5.76. The van der Waals surface area contributed by atoms with Gasteiger partial charge in [-0.3, -0.25) is 4.79 Å². The lowest BCUT2D eigenvalue weighted by atomic mass is 10.0. The number of likely N-dealkylation sites (tertiary alicyclic amines) is 1. The van der Waals surface area contributed by atoms with Gasteiger partial charge in [-0.15, -0.1) is 0 Å². The summed E-state index contributed by atoms with van der Waals surface area (Å²) in [5.74, 6) is 0.692. The highest BCUT2D eigenvalue weighted by molar-refractivity contribution is 5.93. The maximum Gasteiger partial charge on any atom is 0.273 e. The molecule has 0 spiro atoms. The van der Waals surface area contributed by atoms with Crippen LogP contribution in [0.4, 0.5) is 0 Å². The van der Waals surface area contributed by atoms with Gasteiger partial charge < -0.3 is 19.4 Å². The van der Waals surface area contributed by atoms with Crippen LogP contribution in [-0.2, 0) is 4.74 Å². The second kappa shape index (κ2) is 7.56. The van der Waals surface area contributed by atoms with Crippen LogP contribution in [0.25, 0.3) is 0 Å². The van der Waals surface area contributed by atoms with Crippen molar-refractivity contribution < 1.29 is 13.9 Å². The van der Waals surface area contributed by atoms with Crippen molar-refractivity contribution in [3.63, 3.8) is 0 Å². The highest BCUT2D eigenvalue weighted by Gasteiger charge is 2.24. The number of amides is 1. The predicted octanol–water partition coefficient (Wildman–Crippen LogP) is 1.64. The lowest BCUT2D eigenvalue weighted by molar-refractivity contribution is 0.0886. The minimum Gasteiger partial charge on any atom is -0.447 e. The second-order valence-electron chi connectivity index (χ2n) is 5.80. The molecule has 21 heavy (non-hydrogen) atoms. The molecule has 1 saturated heterocycles. The fourth-order valence-electron chi connectivity index (χ4n) is 2.61. The summed E-state index contributed by atoms with van der Waals surface area (Å²) in [6.07, 6.45) is 3.27. The molecule has 1 aliphatic heterocycles. The summed E-state index contributed by atoms with van der Waals surface area (Å²) >= 11 is 0. The van der Waals surface area contributed by atoms with E-state index in [4.69, 9.17) is 9.15 Å². The van der Waals surface area contributed by atoms with Crippen LogP contribution in [0.5, 0.6) is 0 Å². The van der Waals surface area contributed by atoms with E-state index in [1.165, 1.54) is 6.39 Å². The Morgan fingerprint density at radius 3 is 2.86 bits per heavy atom. The van der Waals surface area contributed by atoms with Gasteiger partial charge in [0.05, 0.1) is 6.61 Å². The van der Waals surface area contributed by atoms with Gasteiger partial charge in [-0.2, -0.15) is 0 Å². The van der Waals surface area contributed by atoms with E-state index in [9.17, 15) is 4.79 Å². The number of carbonyl (C=O) groups is 1. The molecule has 1 N–H and O–H groups in total. The van der Waals surface area contributed by atoms with E-state index in [0.717, 1.165) is 39.1 Å². The maximum absolute atomic E-state index is 12.3. The molecule has 1 aliphatic rings. The summed E-state index contributed by atoms with van der Waals surface area (Å²) < 4.78 is 10.4. The first kappa shape index (κ1) is 16.0. The molecular formula is C15H25N3O3. The quantitative estimate of drug-likeness (QED) is 0.864. The van der Waals surface area contributed by atoms with E-state index >= 15 is 0 Å². The van der Waals surface area contributed by atoms with Gasteiger partial charge >= 0.3 is 0 Å². The van der Waals surface area contributed by atoms with Gasteiger partial charge in [0.15, 0.2) is 12.1 Å². The number of methoxy groups -OCH3 is 1. The number of piperidine rings is 1. The maximum atomic E-state index is 12.3. The lowest BCUT2D eigenvalue weighted by Gasteiger charge is -2.32. The molecule has 2 rings (SSSR count). The van der Waals surface area contributed by atoms with Crippen molar-refractivity contribution in [2.75, 3.05) is 33.4 Å². The van der Waals surface area contributed by atoms with E-state index in [-0.39, 0.29) is 17.9 Å². The summed E-state index contributed by atoms with van der Waals surface area (Å²) in [6, 6.07) is 0.216. The van der Waals surface area contributed by atoms with E-state index < -0.39 is 0 Å². The molecule has 0 aliphatic carbocycles. The highest BCUT2D eigenvalue weighted by atomic mass is 16.5. The minimum atomic E-state index is -0.122. The number of aromatic nitrogens is 1. The molecule has 0 saturated carbocycles. The lowest BCUT2D eigenvalue weighted by Crippen LogP contribution is -2.45. The Labute approximate surface area is 125 Å². The van der Waals surface area contributed by atoms with Crippen molar-refractivity contribution in [3.8, 4) is 0 Å². The van der Waals surface area contributed by atoms with Crippen molar-refractivity contribution in [2.45, 2.75) is 38.6 Å². The smallest absolute Gasteiger partial charge is 0.273 e. The van der Waals surface area contributed by atoms with Gasteiger partial charge in [0.25, 0.3) is 5.91 Å². The minimum absolute atomic E-state index is 0.122. The highest BCUT2D eigenvalue weighted by Crippen LogP contribution is 2.19. The van der Waals surface area contributed by atoms with Gasteiger partial charge in [-0.1, -0.05) is 13.8 Å². The van der Waals surface area contributed by atoms with E-state index in [1.807, 2.05) is 13.8 Å². The Bertz CT molecular complexity index is 451. The third-order valence-electron chi connectivity index (χ3n) is 3.87. The van der Waals surface area contributed by atoms with Crippen molar-refractivity contribution in [1.29, 1.82) is 0 Å². The fourth-order valence-corrected chi connectivity index (χ4v) is 2.61. The van der Waals surface area contributed by atoms with Crippen molar-refractivity contribution in [2.24, 2.45) is 0 Å². The summed E-state index contributed by atoms with van der Waals surface area (Å²) in [4.78, 5) is 18.7. The molecule has 1 aromatic rings. The van der Waals surface area contributed by atoms with Crippen LogP contribution >= 0.6 is 0 Å². The first-order valence-electron chi connectivity index (χ1n) is 7.57. The monoisotopic (exact) mass is 295 g/mol. The standard InChI is InChI=1S/C15H25N3O3/c1-11(2)14-13(16-10-21-14)15(19)17-12-4-6-18(7-5-12)8-9-20-3/h10-12H,4-9H2,1-3H3,(H,17,19). The van der Waals surface area contributed by atoms with Crippen LogP contribution in [0.1, 0.15) is 48.9 Å². The molecule has 0 bridgehead atoms. The van der Waals surface area contributed by atoms with Gasteiger partial charge in [0.1, 0.15) is 5.76 Å². The zero-order valence-electron chi connectivity index (χ0n) is 13.1. The molecule has 0 radical (unpaired) electrons. The molecule has 1 fully saturated rings. The second-order valence-corrected chi connectivity index (χ2v) is 5.80.